The van der Waals surface area contributed by atoms with Crippen LogP contribution in [0.2, 0.25) is 0 Å². The van der Waals surface area contributed by atoms with E-state index in [-0.39, 0.29) is 11.7 Å². The minimum Gasteiger partial charge on any atom is -0.392 e. The Morgan fingerprint density at radius 1 is 1.50 bits per heavy atom. The summed E-state index contributed by atoms with van der Waals surface area (Å²) in [5.74, 6) is 0.442. The van der Waals surface area contributed by atoms with Crippen LogP contribution in [0.1, 0.15) is 27.2 Å². The van der Waals surface area contributed by atoms with Crippen LogP contribution >= 0.6 is 0 Å². The minimum absolute atomic E-state index is 0.111. The van der Waals surface area contributed by atoms with Crippen molar-refractivity contribution in [1.29, 1.82) is 0 Å². The third-order valence-electron chi connectivity index (χ3n) is 3.16. The molecule has 0 spiro atoms. The lowest BCUT2D eigenvalue weighted by atomic mass is 9.95. The normalized spacial score (nSPS) is 30.6. The fourth-order valence-corrected chi connectivity index (χ4v) is 1.86. The molecule has 0 radical (unpaired) electrons. The lowest BCUT2D eigenvalue weighted by molar-refractivity contribution is -0.0383. The van der Waals surface area contributed by atoms with E-state index in [1.54, 1.807) is 7.11 Å². The highest BCUT2D eigenvalue weighted by Crippen LogP contribution is 2.19. The molecule has 3 nitrogen and oxygen atoms in total. The maximum absolute atomic E-state index is 9.74. The Morgan fingerprint density at radius 2 is 2.14 bits per heavy atom. The maximum Gasteiger partial charge on any atom is 0.0749 e. The van der Waals surface area contributed by atoms with E-state index < -0.39 is 0 Å². The van der Waals surface area contributed by atoms with Crippen molar-refractivity contribution >= 4 is 0 Å². The highest BCUT2D eigenvalue weighted by atomic mass is 16.5. The highest BCUT2D eigenvalue weighted by molar-refractivity contribution is 4.82. The largest absolute Gasteiger partial charge is 0.392 e. The van der Waals surface area contributed by atoms with Crippen LogP contribution in [0.15, 0.2) is 0 Å². The van der Waals surface area contributed by atoms with Gasteiger partial charge in [-0.15, -0.1) is 0 Å². The quantitative estimate of drug-likeness (QED) is 0.742. The van der Waals surface area contributed by atoms with Gasteiger partial charge in [-0.1, -0.05) is 6.92 Å². The van der Waals surface area contributed by atoms with Crippen LogP contribution in [0.3, 0.4) is 0 Å². The number of aliphatic hydroxyl groups excluding tert-OH is 1. The second-order valence-electron chi connectivity index (χ2n) is 5.03. The first-order chi connectivity index (χ1) is 6.44. The van der Waals surface area contributed by atoms with Gasteiger partial charge in [0.2, 0.25) is 0 Å². The zero-order valence-electron chi connectivity index (χ0n) is 9.79. The SMILES string of the molecule is COC(C)(C)CN1CCC(C)C(O)C1. The molecule has 0 aromatic heterocycles. The van der Waals surface area contributed by atoms with Gasteiger partial charge in [-0.05, 0) is 32.7 Å². The number of rotatable bonds is 3. The number of methoxy groups -OCH3 is 1. The molecule has 3 heteroatoms. The lowest BCUT2D eigenvalue weighted by Gasteiger charge is -2.38. The van der Waals surface area contributed by atoms with Gasteiger partial charge in [-0.25, -0.2) is 0 Å². The molecule has 1 aliphatic rings. The van der Waals surface area contributed by atoms with Gasteiger partial charge in [0, 0.05) is 20.2 Å². The standard InChI is InChI=1S/C11H23NO2/c1-9-5-6-12(7-10(9)13)8-11(2,3)14-4/h9-10,13H,5-8H2,1-4H3. The molecule has 84 valence electrons. The Balaban J connectivity index is 2.40. The molecule has 1 aliphatic heterocycles. The van der Waals surface area contributed by atoms with Crippen molar-refractivity contribution in [2.75, 3.05) is 26.7 Å². The third-order valence-corrected chi connectivity index (χ3v) is 3.16. The molecule has 0 aromatic rings. The van der Waals surface area contributed by atoms with E-state index in [2.05, 4.69) is 25.7 Å². The van der Waals surface area contributed by atoms with Crippen molar-refractivity contribution < 1.29 is 9.84 Å². The van der Waals surface area contributed by atoms with E-state index in [1.165, 1.54) is 0 Å². The van der Waals surface area contributed by atoms with Crippen LogP contribution in [0.4, 0.5) is 0 Å². The summed E-state index contributed by atoms with van der Waals surface area (Å²) >= 11 is 0. The van der Waals surface area contributed by atoms with Crippen molar-refractivity contribution in [3.05, 3.63) is 0 Å². The van der Waals surface area contributed by atoms with Gasteiger partial charge in [0.25, 0.3) is 0 Å². The Bertz CT molecular complexity index is 182. The summed E-state index contributed by atoms with van der Waals surface area (Å²) in [6, 6.07) is 0. The van der Waals surface area contributed by atoms with E-state index in [4.69, 9.17) is 4.74 Å². The second-order valence-corrected chi connectivity index (χ2v) is 5.03. The van der Waals surface area contributed by atoms with Crippen molar-refractivity contribution in [2.24, 2.45) is 5.92 Å². The molecule has 2 unspecified atom stereocenters. The summed E-state index contributed by atoms with van der Waals surface area (Å²) in [5, 5.41) is 9.74. The van der Waals surface area contributed by atoms with E-state index >= 15 is 0 Å². The van der Waals surface area contributed by atoms with Crippen molar-refractivity contribution in [1.82, 2.24) is 4.90 Å². The molecule has 1 rings (SSSR count). The number of hydrogen-bond donors (Lipinski definition) is 1. The molecule has 0 bridgehead atoms. The van der Waals surface area contributed by atoms with Gasteiger partial charge >= 0.3 is 0 Å². The molecule has 0 aromatic carbocycles. The van der Waals surface area contributed by atoms with Gasteiger partial charge in [-0.2, -0.15) is 0 Å². The molecule has 2 atom stereocenters. The second kappa shape index (κ2) is 4.60. The van der Waals surface area contributed by atoms with E-state index in [9.17, 15) is 5.11 Å². The summed E-state index contributed by atoms with van der Waals surface area (Å²) in [6.45, 7) is 9.03. The summed E-state index contributed by atoms with van der Waals surface area (Å²) in [5.41, 5.74) is -0.111. The Kier molecular flexibility index (Phi) is 3.93. The molecule has 1 saturated heterocycles. The topological polar surface area (TPSA) is 32.7 Å². The summed E-state index contributed by atoms with van der Waals surface area (Å²) in [7, 11) is 1.74. The van der Waals surface area contributed by atoms with Crippen LogP contribution in [0, 0.1) is 5.92 Å². The number of piperidine rings is 1. The molecule has 14 heavy (non-hydrogen) atoms. The summed E-state index contributed by atoms with van der Waals surface area (Å²) in [4.78, 5) is 2.29. The van der Waals surface area contributed by atoms with Crippen LogP contribution in [-0.2, 0) is 4.74 Å². The lowest BCUT2D eigenvalue weighted by Crippen LogP contribution is -2.48. The predicted molar refractivity (Wildman–Crippen MR) is 57.3 cm³/mol. The molecule has 0 saturated carbocycles. The third kappa shape index (κ3) is 3.23. The van der Waals surface area contributed by atoms with Crippen molar-refractivity contribution in [3.63, 3.8) is 0 Å². The monoisotopic (exact) mass is 201 g/mol. The number of likely N-dealkylation sites (tertiary alicyclic amines) is 1. The van der Waals surface area contributed by atoms with Crippen LogP contribution in [0.25, 0.3) is 0 Å². The fourth-order valence-electron chi connectivity index (χ4n) is 1.86. The molecular formula is C11H23NO2. The van der Waals surface area contributed by atoms with Crippen LogP contribution < -0.4 is 0 Å². The van der Waals surface area contributed by atoms with Crippen LogP contribution in [-0.4, -0.2) is 48.5 Å². The van der Waals surface area contributed by atoms with E-state index in [0.717, 1.165) is 26.1 Å². The highest BCUT2D eigenvalue weighted by Gasteiger charge is 2.28. The Hall–Kier alpha value is -0.120. The molecule has 1 N–H and O–H groups in total. The summed E-state index contributed by atoms with van der Waals surface area (Å²) in [6.07, 6.45) is 0.914. The number of ether oxygens (including phenoxy) is 1. The van der Waals surface area contributed by atoms with Gasteiger partial charge in [0.05, 0.1) is 11.7 Å². The summed E-state index contributed by atoms with van der Waals surface area (Å²) < 4.78 is 5.38. The van der Waals surface area contributed by atoms with Crippen molar-refractivity contribution in [3.8, 4) is 0 Å². The van der Waals surface area contributed by atoms with Gasteiger partial charge in [0.1, 0.15) is 0 Å². The number of hydrogen-bond acceptors (Lipinski definition) is 3. The van der Waals surface area contributed by atoms with Crippen LogP contribution in [0.5, 0.6) is 0 Å². The first-order valence-corrected chi connectivity index (χ1v) is 5.40. The maximum atomic E-state index is 9.74. The van der Waals surface area contributed by atoms with E-state index in [0.29, 0.717) is 5.92 Å². The minimum atomic E-state index is -0.170. The van der Waals surface area contributed by atoms with Gasteiger partial charge in [-0.3, -0.25) is 4.90 Å². The van der Waals surface area contributed by atoms with Crippen molar-refractivity contribution in [2.45, 2.75) is 38.9 Å². The fraction of sp³-hybridized carbons (Fsp3) is 1.00. The number of β-amino-alcohol motifs (C(OH)–C–C–N with tert-alkyl or cyclic N) is 1. The van der Waals surface area contributed by atoms with Gasteiger partial charge in [0.15, 0.2) is 0 Å². The zero-order valence-corrected chi connectivity index (χ0v) is 9.79. The molecular weight excluding hydrogens is 178 g/mol. The number of nitrogens with zero attached hydrogens (tertiary/aromatic N) is 1. The first-order valence-electron chi connectivity index (χ1n) is 5.40. The average molecular weight is 201 g/mol. The van der Waals surface area contributed by atoms with E-state index in [1.807, 2.05) is 0 Å². The smallest absolute Gasteiger partial charge is 0.0749 e. The molecule has 0 aliphatic carbocycles. The molecule has 1 heterocycles. The molecule has 0 amide bonds. The Morgan fingerprint density at radius 3 is 2.64 bits per heavy atom. The number of aliphatic hydroxyl groups is 1. The Labute approximate surface area is 87.1 Å². The molecule has 1 fully saturated rings. The predicted octanol–water partition coefficient (Wildman–Crippen LogP) is 1.11. The zero-order chi connectivity index (χ0) is 10.8. The average Bonchev–Trinajstić information content (AvgIpc) is 2.11. The van der Waals surface area contributed by atoms with Gasteiger partial charge < -0.3 is 9.84 Å². The first kappa shape index (κ1) is 12.0.